The lowest BCUT2D eigenvalue weighted by molar-refractivity contribution is -0.142. The molecule has 0 bridgehead atoms. The second-order valence-corrected chi connectivity index (χ2v) is 7.25. The number of hydrogen-bond donors (Lipinski definition) is 6. The fourth-order valence-corrected chi connectivity index (χ4v) is 2.59. The van der Waals surface area contributed by atoms with Crippen LogP contribution in [0.15, 0.2) is 42.9 Å². The zero-order valence-electron chi connectivity index (χ0n) is 17.9. The van der Waals surface area contributed by atoms with E-state index in [1.54, 1.807) is 30.5 Å². The smallest absolute Gasteiger partial charge is 0.326 e. The molecule has 2 aromatic rings. The number of nitrogens with one attached hydrogen (secondary N) is 4. The van der Waals surface area contributed by atoms with E-state index < -0.39 is 29.9 Å². The van der Waals surface area contributed by atoms with Crippen LogP contribution in [-0.2, 0) is 25.6 Å². The van der Waals surface area contributed by atoms with Gasteiger partial charge in [0.15, 0.2) is 0 Å². The third kappa shape index (κ3) is 10.8. The number of carbonyl (C=O) groups is 4. The average molecular weight is 447 g/mol. The Labute approximate surface area is 185 Å². The summed E-state index contributed by atoms with van der Waals surface area (Å²) in [4.78, 5) is 52.5. The van der Waals surface area contributed by atoms with Crippen molar-refractivity contribution >= 4 is 24.2 Å². The molecule has 0 aliphatic carbocycles. The van der Waals surface area contributed by atoms with Gasteiger partial charge in [-0.1, -0.05) is 32.0 Å². The molecular formula is C21H29N5O6. The summed E-state index contributed by atoms with van der Waals surface area (Å²) in [6, 6.07) is 6.64. The summed E-state index contributed by atoms with van der Waals surface area (Å²) in [5.74, 6) is -1.95. The van der Waals surface area contributed by atoms with E-state index in [2.05, 4.69) is 25.9 Å². The number of hydrogen-bond acceptors (Lipinski definition) is 6. The Kier molecular flexibility index (Phi) is 11.6. The lowest BCUT2D eigenvalue weighted by atomic mass is 10.0. The van der Waals surface area contributed by atoms with E-state index in [4.69, 9.17) is 5.11 Å². The maximum absolute atomic E-state index is 12.5. The monoisotopic (exact) mass is 447 g/mol. The number of H-pyrrole nitrogens is 1. The standard InChI is InChI=1S/C15H23N5O5.C6H6O/c1-9(2)3-12(15(24)25)20-14(23)11(4-10-5-16-7-18-10)19-13(22)6-17-8-21;7-6-4-2-1-3-5-6/h5,7-9,11-12H,3-4,6H2,1-2H3,(H,16,18)(H,17,21)(H,19,22)(H,20,23)(H,24,25);1-5,7H. The van der Waals surface area contributed by atoms with Crippen LogP contribution in [0, 0.1) is 5.92 Å². The molecule has 0 aliphatic heterocycles. The van der Waals surface area contributed by atoms with Crippen molar-refractivity contribution in [1.29, 1.82) is 0 Å². The van der Waals surface area contributed by atoms with Crippen molar-refractivity contribution in [3.63, 3.8) is 0 Å². The summed E-state index contributed by atoms with van der Waals surface area (Å²) in [5, 5.41) is 25.0. The largest absolute Gasteiger partial charge is 0.508 e. The van der Waals surface area contributed by atoms with Gasteiger partial charge in [-0.05, 0) is 24.5 Å². The fourth-order valence-electron chi connectivity index (χ4n) is 2.59. The van der Waals surface area contributed by atoms with Gasteiger partial charge >= 0.3 is 5.97 Å². The minimum atomic E-state index is -1.14. The van der Waals surface area contributed by atoms with Gasteiger partial charge in [-0.15, -0.1) is 0 Å². The van der Waals surface area contributed by atoms with Crippen LogP contribution in [0.5, 0.6) is 5.75 Å². The summed E-state index contributed by atoms with van der Waals surface area (Å²) in [6.45, 7) is 3.40. The maximum Gasteiger partial charge on any atom is 0.326 e. The lowest BCUT2D eigenvalue weighted by Gasteiger charge is -2.22. The predicted molar refractivity (Wildman–Crippen MR) is 115 cm³/mol. The third-order valence-corrected chi connectivity index (χ3v) is 4.04. The Bertz CT molecular complexity index is 842. The minimum Gasteiger partial charge on any atom is -0.508 e. The topological polar surface area (TPSA) is 174 Å². The summed E-state index contributed by atoms with van der Waals surface area (Å²) >= 11 is 0. The highest BCUT2D eigenvalue weighted by molar-refractivity contribution is 5.91. The molecule has 3 amide bonds. The van der Waals surface area contributed by atoms with Crippen LogP contribution in [0.2, 0.25) is 0 Å². The molecule has 174 valence electrons. The molecule has 1 aromatic carbocycles. The lowest BCUT2D eigenvalue weighted by Crippen LogP contribution is -2.53. The number of carbonyl (C=O) groups excluding carboxylic acids is 3. The van der Waals surface area contributed by atoms with Crippen LogP contribution in [0.3, 0.4) is 0 Å². The predicted octanol–water partition coefficient (Wildman–Crippen LogP) is 0.191. The molecule has 32 heavy (non-hydrogen) atoms. The number of aromatic hydroxyl groups is 1. The average Bonchev–Trinajstić information content (AvgIpc) is 3.25. The van der Waals surface area contributed by atoms with Crippen LogP contribution < -0.4 is 16.0 Å². The Hall–Kier alpha value is -3.89. The molecule has 2 atom stereocenters. The number of phenolic OH excluding ortho intramolecular Hbond substituents is 1. The Morgan fingerprint density at radius 2 is 1.81 bits per heavy atom. The number of aromatic amines is 1. The number of para-hydroxylation sites is 1. The fraction of sp³-hybridized carbons (Fsp3) is 0.381. The Morgan fingerprint density at radius 3 is 2.28 bits per heavy atom. The molecule has 0 saturated heterocycles. The highest BCUT2D eigenvalue weighted by Gasteiger charge is 2.27. The Morgan fingerprint density at radius 1 is 1.12 bits per heavy atom. The molecule has 11 nitrogen and oxygen atoms in total. The second-order valence-electron chi connectivity index (χ2n) is 7.25. The van der Waals surface area contributed by atoms with E-state index in [0.29, 0.717) is 17.9 Å². The van der Waals surface area contributed by atoms with Gasteiger partial charge in [-0.3, -0.25) is 14.4 Å². The summed E-state index contributed by atoms with van der Waals surface area (Å²) in [5.41, 5.74) is 0.527. The summed E-state index contributed by atoms with van der Waals surface area (Å²) in [6.07, 6.45) is 3.70. The normalized spacial score (nSPS) is 12.0. The molecular weight excluding hydrogens is 418 g/mol. The first-order chi connectivity index (χ1) is 15.2. The van der Waals surface area contributed by atoms with Gasteiger partial charge in [-0.25, -0.2) is 9.78 Å². The first-order valence-corrected chi connectivity index (χ1v) is 9.94. The van der Waals surface area contributed by atoms with Gasteiger partial charge in [0.25, 0.3) is 0 Å². The molecule has 6 N–H and O–H groups in total. The van der Waals surface area contributed by atoms with E-state index >= 15 is 0 Å². The number of imidazole rings is 1. The SMILES string of the molecule is CC(C)CC(NC(=O)C(Cc1c[nH]cn1)NC(=O)CNC=O)C(=O)O.Oc1ccccc1. The summed E-state index contributed by atoms with van der Waals surface area (Å²) < 4.78 is 0. The molecule has 2 unspecified atom stereocenters. The molecule has 11 heteroatoms. The van der Waals surface area contributed by atoms with Gasteiger partial charge in [-0.2, -0.15) is 0 Å². The third-order valence-electron chi connectivity index (χ3n) is 4.04. The van der Waals surface area contributed by atoms with E-state index in [1.165, 1.54) is 6.33 Å². The minimum absolute atomic E-state index is 0.0672. The van der Waals surface area contributed by atoms with Crippen LogP contribution in [-0.4, -0.2) is 63.0 Å². The van der Waals surface area contributed by atoms with Crippen molar-refractivity contribution in [2.24, 2.45) is 5.92 Å². The summed E-state index contributed by atoms with van der Waals surface area (Å²) in [7, 11) is 0. The first kappa shape index (κ1) is 26.1. The zero-order chi connectivity index (χ0) is 23.9. The van der Waals surface area contributed by atoms with Gasteiger partial charge in [0, 0.05) is 12.6 Å². The molecule has 0 spiro atoms. The van der Waals surface area contributed by atoms with Crippen LogP contribution in [0.4, 0.5) is 0 Å². The van der Waals surface area contributed by atoms with E-state index in [9.17, 15) is 24.3 Å². The number of aliphatic carboxylic acids is 1. The number of aromatic nitrogens is 2. The highest BCUT2D eigenvalue weighted by atomic mass is 16.4. The van der Waals surface area contributed by atoms with Crippen molar-refractivity contribution in [3.05, 3.63) is 48.5 Å². The number of carboxylic acid groups (broad SMARTS) is 1. The molecule has 0 aliphatic rings. The van der Waals surface area contributed by atoms with E-state index in [1.807, 2.05) is 19.9 Å². The van der Waals surface area contributed by atoms with E-state index in [0.717, 1.165) is 0 Å². The first-order valence-electron chi connectivity index (χ1n) is 9.94. The molecule has 0 saturated carbocycles. The maximum atomic E-state index is 12.5. The quantitative estimate of drug-likeness (QED) is 0.267. The molecule has 2 rings (SSSR count). The number of phenols is 1. The van der Waals surface area contributed by atoms with Gasteiger partial charge < -0.3 is 31.1 Å². The number of benzene rings is 1. The second kappa shape index (κ2) is 14.2. The number of rotatable bonds is 11. The van der Waals surface area contributed by atoms with Gasteiger partial charge in [0.1, 0.15) is 17.8 Å². The van der Waals surface area contributed by atoms with Crippen LogP contribution >= 0.6 is 0 Å². The van der Waals surface area contributed by atoms with Gasteiger partial charge in [0.2, 0.25) is 18.2 Å². The van der Waals surface area contributed by atoms with E-state index in [-0.39, 0.29) is 25.3 Å². The van der Waals surface area contributed by atoms with Crippen molar-refractivity contribution in [3.8, 4) is 5.75 Å². The number of nitrogens with zero attached hydrogens (tertiary/aromatic N) is 1. The van der Waals surface area contributed by atoms with Crippen molar-refractivity contribution in [2.45, 2.75) is 38.8 Å². The van der Waals surface area contributed by atoms with Crippen molar-refractivity contribution < 1.29 is 29.4 Å². The van der Waals surface area contributed by atoms with Crippen molar-refractivity contribution in [1.82, 2.24) is 25.9 Å². The Balaban J connectivity index is 0.000000616. The molecule has 0 radical (unpaired) electrons. The van der Waals surface area contributed by atoms with Crippen LogP contribution in [0.25, 0.3) is 0 Å². The van der Waals surface area contributed by atoms with Crippen LogP contribution in [0.1, 0.15) is 26.0 Å². The number of amides is 3. The van der Waals surface area contributed by atoms with Crippen molar-refractivity contribution in [2.75, 3.05) is 6.54 Å². The van der Waals surface area contributed by atoms with Gasteiger partial charge in [0.05, 0.1) is 18.6 Å². The molecule has 0 fully saturated rings. The highest BCUT2D eigenvalue weighted by Crippen LogP contribution is 2.07. The zero-order valence-corrected chi connectivity index (χ0v) is 17.9. The molecule has 1 heterocycles. The molecule has 1 aromatic heterocycles. The number of carboxylic acids is 1.